The van der Waals surface area contributed by atoms with Crippen LogP contribution in [0.15, 0.2) is 174 Å². The molecule has 4 aromatic carbocycles. The Morgan fingerprint density at radius 1 is 0.680 bits per heavy atom. The van der Waals surface area contributed by atoms with Crippen molar-refractivity contribution in [3.8, 4) is 4.37 Å². The van der Waals surface area contributed by atoms with Crippen LogP contribution in [-0.4, -0.2) is 23.2 Å². The number of hydrogen-bond acceptors (Lipinski definition) is 3. The van der Waals surface area contributed by atoms with E-state index in [4.69, 9.17) is 14.7 Å². The number of aromatic nitrogens is 2. The number of allylic oxidation sites excluding steroid dienone is 6. The van der Waals surface area contributed by atoms with Gasteiger partial charge in [0, 0.05) is 0 Å². The molecule has 6 aromatic rings. The fourth-order valence-electron chi connectivity index (χ4n) is 6.72. The second-order valence-electron chi connectivity index (χ2n) is 12.1. The van der Waals surface area contributed by atoms with Crippen molar-refractivity contribution in [1.29, 1.82) is 0 Å². The Morgan fingerprint density at radius 3 is 1.66 bits per heavy atom. The van der Waals surface area contributed by atoms with Crippen LogP contribution in [0.5, 0.6) is 0 Å². The Hall–Kier alpha value is -4.79. The van der Waals surface area contributed by atoms with Crippen LogP contribution in [0.25, 0.3) is 34.0 Å². The molecule has 1 saturated heterocycles. The van der Waals surface area contributed by atoms with Crippen molar-refractivity contribution < 1.29 is 22.7 Å². The average Bonchev–Trinajstić information content (AvgIpc) is 3.63. The van der Waals surface area contributed by atoms with Crippen molar-refractivity contribution >= 4 is 57.1 Å². The standard InChI is InChI=1S/C45H37N2OP.Os/c1-4-15-34-26-38-24-25-39-27-35(30-47-45(39)44(38)46-29-34)22-23-37(28-40-32-48-31-36(40)5-2)33(3)49(41-16-9-6-10-17-41,42-18-11-7-12-19-42)43-20-13-8-14-21-43;/h4-30H,31-32H2,1-2H3;/q+1;/b15-4+,23-22+,36-5?,37-33?,40-28?;. The van der Waals surface area contributed by atoms with E-state index in [1.165, 1.54) is 32.4 Å². The van der Waals surface area contributed by atoms with Gasteiger partial charge in [-0.05, 0) is 12.5 Å². The summed E-state index contributed by atoms with van der Waals surface area (Å²) in [4.78, 5) is 9.73. The third-order valence-electron chi connectivity index (χ3n) is 9.09. The van der Waals surface area contributed by atoms with Gasteiger partial charge in [0.2, 0.25) is 0 Å². The molecule has 0 bridgehead atoms. The summed E-state index contributed by atoms with van der Waals surface area (Å²) in [5.74, 6) is 0. The van der Waals surface area contributed by atoms with Gasteiger partial charge < -0.3 is 0 Å². The first-order valence-electron chi connectivity index (χ1n) is 16.7. The monoisotopic (exact) mass is 844 g/mol. The zero-order chi connectivity index (χ0) is 34.3. The maximum absolute atomic E-state index is 5.97. The average molecular weight is 843 g/mol. The minimum atomic E-state index is -2.41. The van der Waals surface area contributed by atoms with Crippen LogP contribution in [0.1, 0.15) is 25.0 Å². The van der Waals surface area contributed by atoms with E-state index in [-0.39, 0.29) is 0 Å². The summed E-state index contributed by atoms with van der Waals surface area (Å²) in [7, 11) is -2.41. The number of ether oxygens (including phenoxy) is 1. The molecule has 245 valence electrons. The summed E-state index contributed by atoms with van der Waals surface area (Å²) in [6, 6.07) is 41.6. The number of fused-ring (bicyclic) bond motifs is 3. The van der Waals surface area contributed by atoms with E-state index in [2.05, 4.69) is 157 Å². The van der Waals surface area contributed by atoms with Crippen molar-refractivity contribution in [2.45, 2.75) is 13.8 Å². The second-order valence-corrected chi connectivity index (χ2v) is 16.1. The Labute approximate surface area is 304 Å². The van der Waals surface area contributed by atoms with Crippen LogP contribution < -0.4 is 15.9 Å². The van der Waals surface area contributed by atoms with Crippen molar-refractivity contribution in [3.05, 3.63) is 185 Å². The number of rotatable bonds is 8. The first-order chi connectivity index (χ1) is 24.6. The van der Waals surface area contributed by atoms with E-state index < -0.39 is 7.26 Å². The van der Waals surface area contributed by atoms with E-state index >= 15 is 0 Å². The zero-order valence-corrected chi connectivity index (χ0v) is 31.5. The summed E-state index contributed by atoms with van der Waals surface area (Å²) >= 11 is 1.80. The molecule has 3 nitrogen and oxygen atoms in total. The van der Waals surface area contributed by atoms with Gasteiger partial charge in [0.25, 0.3) is 0 Å². The van der Waals surface area contributed by atoms with Gasteiger partial charge in [-0.2, -0.15) is 0 Å². The van der Waals surface area contributed by atoms with Gasteiger partial charge in [0.05, 0.1) is 0 Å². The summed E-state index contributed by atoms with van der Waals surface area (Å²) < 4.78 is 9.79. The fraction of sp³-hybridized carbons (Fsp3) is 0.0889. The molecule has 2 aromatic heterocycles. The zero-order valence-electron chi connectivity index (χ0n) is 28.1. The van der Waals surface area contributed by atoms with E-state index in [1.807, 2.05) is 25.4 Å². The van der Waals surface area contributed by atoms with E-state index in [9.17, 15) is 0 Å². The van der Waals surface area contributed by atoms with Gasteiger partial charge in [-0.3, -0.25) is 0 Å². The SMILES string of the molecule is CC=C1COCC1=CC(/C=C/c1cnc2c(ccc3cc(/C=C/C)cnc32)c1)=C([C]#[Os])[P+](c1ccccc1)(c1ccccc1)c1ccccc1. The van der Waals surface area contributed by atoms with Gasteiger partial charge in [-0.25, -0.2) is 0 Å². The molecule has 1 aliphatic rings. The second kappa shape index (κ2) is 15.4. The minimum absolute atomic E-state index is 0.580. The normalized spacial score (nSPS) is 15.8. The number of pyridine rings is 2. The fourth-order valence-corrected chi connectivity index (χ4v) is 12.5. The number of hydrogen-bond donors (Lipinski definition) is 0. The number of benzene rings is 4. The van der Waals surface area contributed by atoms with E-state index in [1.54, 1.807) is 17.9 Å². The van der Waals surface area contributed by atoms with Crippen molar-refractivity contribution in [3.63, 3.8) is 0 Å². The van der Waals surface area contributed by atoms with Crippen LogP contribution in [0.4, 0.5) is 0 Å². The molecule has 0 spiro atoms. The molecule has 1 fully saturated rings. The number of nitrogens with zero attached hydrogens (tertiary/aromatic N) is 2. The maximum atomic E-state index is 5.97. The van der Waals surface area contributed by atoms with E-state index in [0.29, 0.717) is 13.2 Å². The molecule has 5 heteroatoms. The molecule has 0 aliphatic carbocycles. The summed E-state index contributed by atoms with van der Waals surface area (Å²) in [6.07, 6.45) is 16.9. The summed E-state index contributed by atoms with van der Waals surface area (Å²) in [5, 5.41) is 7.19. The molecule has 0 N–H and O–H groups in total. The van der Waals surface area contributed by atoms with Crippen LogP contribution in [0, 0.1) is 4.37 Å². The molecule has 0 radical (unpaired) electrons. The van der Waals surface area contributed by atoms with Crippen molar-refractivity contribution in [2.75, 3.05) is 13.2 Å². The predicted molar refractivity (Wildman–Crippen MR) is 210 cm³/mol. The molecule has 50 heavy (non-hydrogen) atoms. The van der Waals surface area contributed by atoms with Crippen LogP contribution in [0.3, 0.4) is 0 Å². The molecule has 3 heterocycles. The quantitative estimate of drug-likeness (QED) is 0.0871. The van der Waals surface area contributed by atoms with Crippen molar-refractivity contribution in [2.24, 2.45) is 0 Å². The molecule has 0 saturated carbocycles. The Balaban J connectivity index is 1.47. The third-order valence-corrected chi connectivity index (χ3v) is 14.5. The Bertz CT molecular complexity index is 2270. The molecule has 0 atom stereocenters. The van der Waals surface area contributed by atoms with Gasteiger partial charge in [-0.1, -0.05) is 12.2 Å². The molecular formula is C45H37N2OOsP+. The van der Waals surface area contributed by atoms with Crippen LogP contribution in [0.2, 0.25) is 0 Å². The van der Waals surface area contributed by atoms with Crippen molar-refractivity contribution in [1.82, 2.24) is 9.97 Å². The first-order valence-corrected chi connectivity index (χ1v) is 19.8. The molecule has 0 unspecified atom stereocenters. The molecule has 0 amide bonds. The Kier molecular flexibility index (Phi) is 10.4. The summed E-state index contributed by atoms with van der Waals surface area (Å²) in [5.41, 5.74) is 7.46. The van der Waals surface area contributed by atoms with E-state index in [0.717, 1.165) is 38.5 Å². The summed E-state index contributed by atoms with van der Waals surface area (Å²) in [6.45, 7) is 5.31. The van der Waals surface area contributed by atoms with Gasteiger partial charge in [0.1, 0.15) is 0 Å². The van der Waals surface area contributed by atoms with Gasteiger partial charge in [-0.15, -0.1) is 0 Å². The van der Waals surface area contributed by atoms with Gasteiger partial charge >= 0.3 is 282 Å². The predicted octanol–water partition coefficient (Wildman–Crippen LogP) is 9.49. The van der Waals surface area contributed by atoms with Crippen LogP contribution in [-0.2, 0) is 22.7 Å². The topological polar surface area (TPSA) is 35.0 Å². The Morgan fingerprint density at radius 2 is 1.18 bits per heavy atom. The molecule has 1 aliphatic heterocycles. The third kappa shape index (κ3) is 6.57. The van der Waals surface area contributed by atoms with Crippen LogP contribution >= 0.6 is 7.26 Å². The first kappa shape index (κ1) is 33.7. The van der Waals surface area contributed by atoms with Gasteiger partial charge in [0.15, 0.2) is 0 Å². The molecular weight excluding hydrogens is 806 g/mol. The molecule has 7 rings (SSSR count).